The maximum absolute atomic E-state index is 5.97. The van der Waals surface area contributed by atoms with Crippen molar-refractivity contribution in [1.82, 2.24) is 9.97 Å². The Morgan fingerprint density at radius 3 is 2.29 bits per heavy atom. The van der Waals surface area contributed by atoms with Gasteiger partial charge in [-0.15, -0.1) is 0 Å². The van der Waals surface area contributed by atoms with E-state index in [2.05, 4.69) is 9.97 Å². The molecule has 1 aromatic rings. The van der Waals surface area contributed by atoms with E-state index in [0.717, 1.165) is 5.82 Å². The molecule has 0 bridgehead atoms. The van der Waals surface area contributed by atoms with Crippen LogP contribution in [0.2, 0.25) is 5.02 Å². The zero-order chi connectivity index (χ0) is 10.9. The van der Waals surface area contributed by atoms with Crippen LogP contribution in [0.25, 0.3) is 0 Å². The number of halogens is 1. The van der Waals surface area contributed by atoms with Crippen molar-refractivity contribution in [2.75, 3.05) is 24.7 Å². The van der Waals surface area contributed by atoms with E-state index in [4.69, 9.17) is 17.3 Å². The number of aromatic nitrogens is 2. The molecular formula is C9H15ClN4. The molecule has 0 spiro atoms. The van der Waals surface area contributed by atoms with E-state index in [9.17, 15) is 0 Å². The van der Waals surface area contributed by atoms with Gasteiger partial charge in [-0.2, -0.15) is 0 Å². The second-order valence-electron chi connectivity index (χ2n) is 3.65. The summed E-state index contributed by atoms with van der Waals surface area (Å²) in [5.74, 6) is 1.97. The first-order chi connectivity index (χ1) is 6.43. The summed E-state index contributed by atoms with van der Waals surface area (Å²) >= 11 is 5.97. The maximum Gasteiger partial charge on any atom is 0.152 e. The van der Waals surface area contributed by atoms with E-state index >= 15 is 0 Å². The number of anilines is 2. The molecular weight excluding hydrogens is 200 g/mol. The van der Waals surface area contributed by atoms with Crippen molar-refractivity contribution in [3.63, 3.8) is 0 Å². The zero-order valence-electron chi connectivity index (χ0n) is 8.87. The van der Waals surface area contributed by atoms with Crippen LogP contribution in [0.15, 0.2) is 0 Å². The maximum atomic E-state index is 5.97. The number of hydrogen-bond donors (Lipinski definition) is 1. The molecule has 0 radical (unpaired) electrons. The van der Waals surface area contributed by atoms with E-state index in [0.29, 0.717) is 16.7 Å². The smallest absolute Gasteiger partial charge is 0.152 e. The topological polar surface area (TPSA) is 55.0 Å². The molecule has 2 N–H and O–H groups in total. The molecule has 1 rings (SSSR count). The first-order valence-corrected chi connectivity index (χ1v) is 4.81. The van der Waals surface area contributed by atoms with Crippen LogP contribution in [0.5, 0.6) is 0 Å². The summed E-state index contributed by atoms with van der Waals surface area (Å²) < 4.78 is 0. The van der Waals surface area contributed by atoms with Gasteiger partial charge in [0.15, 0.2) is 5.82 Å². The van der Waals surface area contributed by atoms with Crippen LogP contribution in [0.3, 0.4) is 0 Å². The Morgan fingerprint density at radius 1 is 1.29 bits per heavy atom. The second kappa shape index (κ2) is 4.00. The first-order valence-electron chi connectivity index (χ1n) is 4.43. The molecule has 0 fully saturated rings. The van der Waals surface area contributed by atoms with E-state index in [1.165, 1.54) is 0 Å². The van der Waals surface area contributed by atoms with Crippen LogP contribution >= 0.6 is 11.6 Å². The van der Waals surface area contributed by atoms with Gasteiger partial charge in [-0.1, -0.05) is 25.4 Å². The summed E-state index contributed by atoms with van der Waals surface area (Å²) in [6, 6.07) is 0. The summed E-state index contributed by atoms with van der Waals surface area (Å²) in [4.78, 5) is 10.3. The van der Waals surface area contributed by atoms with E-state index in [1.807, 2.05) is 32.8 Å². The van der Waals surface area contributed by atoms with Crippen molar-refractivity contribution >= 4 is 23.2 Å². The van der Waals surface area contributed by atoms with Crippen LogP contribution in [0.4, 0.5) is 11.6 Å². The lowest BCUT2D eigenvalue weighted by Gasteiger charge is -2.16. The molecule has 0 aliphatic carbocycles. The van der Waals surface area contributed by atoms with Crippen LogP contribution in [0.1, 0.15) is 25.6 Å². The van der Waals surface area contributed by atoms with Crippen LogP contribution < -0.4 is 10.6 Å². The van der Waals surface area contributed by atoms with Gasteiger partial charge in [-0.05, 0) is 0 Å². The predicted octanol–water partition coefficient (Wildman–Crippen LogP) is 1.90. The Labute approximate surface area is 89.1 Å². The normalized spacial score (nSPS) is 10.7. The number of hydrogen-bond acceptors (Lipinski definition) is 4. The lowest BCUT2D eigenvalue weighted by molar-refractivity contribution is 0.773. The molecule has 0 saturated carbocycles. The number of nitrogen functional groups attached to an aromatic ring is 1. The monoisotopic (exact) mass is 214 g/mol. The fourth-order valence-electron chi connectivity index (χ4n) is 1.02. The van der Waals surface area contributed by atoms with Crippen LogP contribution in [-0.2, 0) is 0 Å². The quantitative estimate of drug-likeness (QED) is 0.817. The molecule has 0 amide bonds. The van der Waals surface area contributed by atoms with Gasteiger partial charge in [0.1, 0.15) is 16.7 Å². The summed E-state index contributed by atoms with van der Waals surface area (Å²) in [6.07, 6.45) is 0. The highest BCUT2D eigenvalue weighted by molar-refractivity contribution is 6.35. The van der Waals surface area contributed by atoms with E-state index < -0.39 is 0 Å². The van der Waals surface area contributed by atoms with Crippen molar-refractivity contribution < 1.29 is 0 Å². The molecule has 0 aliphatic rings. The fraction of sp³-hybridized carbons (Fsp3) is 0.556. The molecule has 5 heteroatoms. The van der Waals surface area contributed by atoms with Crippen molar-refractivity contribution in [2.45, 2.75) is 19.8 Å². The third-order valence-corrected chi connectivity index (χ3v) is 2.18. The SMILES string of the molecule is CC(C)c1nc(N)c(Cl)c(N(C)C)n1. The van der Waals surface area contributed by atoms with Gasteiger partial charge in [0.25, 0.3) is 0 Å². The van der Waals surface area contributed by atoms with Crippen molar-refractivity contribution in [2.24, 2.45) is 0 Å². The van der Waals surface area contributed by atoms with Gasteiger partial charge in [-0.3, -0.25) is 0 Å². The molecule has 78 valence electrons. The molecule has 4 nitrogen and oxygen atoms in total. The minimum Gasteiger partial charge on any atom is -0.382 e. The largest absolute Gasteiger partial charge is 0.382 e. The summed E-state index contributed by atoms with van der Waals surface area (Å²) in [6.45, 7) is 4.03. The van der Waals surface area contributed by atoms with E-state index in [-0.39, 0.29) is 5.92 Å². The second-order valence-corrected chi connectivity index (χ2v) is 4.03. The van der Waals surface area contributed by atoms with Crippen molar-refractivity contribution in [1.29, 1.82) is 0 Å². The van der Waals surface area contributed by atoms with E-state index in [1.54, 1.807) is 0 Å². The molecule has 14 heavy (non-hydrogen) atoms. The highest BCUT2D eigenvalue weighted by Gasteiger charge is 2.13. The fourth-order valence-corrected chi connectivity index (χ4v) is 1.28. The molecule has 0 aliphatic heterocycles. The molecule has 1 heterocycles. The molecule has 0 aromatic carbocycles. The third-order valence-electron chi connectivity index (χ3n) is 1.82. The van der Waals surface area contributed by atoms with Gasteiger partial charge >= 0.3 is 0 Å². The zero-order valence-corrected chi connectivity index (χ0v) is 9.63. The Bertz CT molecular complexity index is 336. The predicted molar refractivity (Wildman–Crippen MR) is 59.9 cm³/mol. The number of rotatable bonds is 2. The minimum absolute atomic E-state index is 0.244. The minimum atomic E-state index is 0.244. The Kier molecular flexibility index (Phi) is 3.16. The van der Waals surface area contributed by atoms with Crippen molar-refractivity contribution in [3.05, 3.63) is 10.8 Å². The van der Waals surface area contributed by atoms with Gasteiger partial charge in [0, 0.05) is 20.0 Å². The molecule has 1 aromatic heterocycles. The van der Waals surface area contributed by atoms with Gasteiger partial charge in [0.05, 0.1) is 0 Å². The summed E-state index contributed by atoms with van der Waals surface area (Å²) in [5.41, 5.74) is 5.69. The molecule has 0 atom stereocenters. The lowest BCUT2D eigenvalue weighted by atomic mass is 10.2. The average molecular weight is 215 g/mol. The number of nitrogens with zero attached hydrogens (tertiary/aromatic N) is 3. The summed E-state index contributed by atoms with van der Waals surface area (Å²) in [5, 5.41) is 0.416. The molecule has 0 saturated heterocycles. The van der Waals surface area contributed by atoms with Gasteiger partial charge in [-0.25, -0.2) is 9.97 Å². The summed E-state index contributed by atoms with van der Waals surface area (Å²) in [7, 11) is 3.75. The first kappa shape index (κ1) is 11.0. The standard InChI is InChI=1S/C9H15ClN4/c1-5(2)8-12-7(11)6(10)9(13-8)14(3)4/h5H,1-4H3,(H2,11,12,13). The Balaban J connectivity index is 3.28. The van der Waals surface area contributed by atoms with Gasteiger partial charge < -0.3 is 10.6 Å². The van der Waals surface area contributed by atoms with Gasteiger partial charge in [0.2, 0.25) is 0 Å². The van der Waals surface area contributed by atoms with Crippen LogP contribution in [-0.4, -0.2) is 24.1 Å². The highest BCUT2D eigenvalue weighted by atomic mass is 35.5. The average Bonchev–Trinajstić information content (AvgIpc) is 2.08. The highest BCUT2D eigenvalue weighted by Crippen LogP contribution is 2.28. The third kappa shape index (κ3) is 2.07. The van der Waals surface area contributed by atoms with Crippen LogP contribution in [0, 0.1) is 0 Å². The van der Waals surface area contributed by atoms with Crippen molar-refractivity contribution in [3.8, 4) is 0 Å². The Hall–Kier alpha value is -1.03. The molecule has 0 unspecified atom stereocenters. The lowest BCUT2D eigenvalue weighted by Crippen LogP contribution is -2.15. The Morgan fingerprint density at radius 2 is 1.86 bits per heavy atom. The number of nitrogens with two attached hydrogens (primary N) is 1.